The number of aryl methyl sites for hydroxylation is 2. The molecule has 2 aromatic carbocycles. The summed E-state index contributed by atoms with van der Waals surface area (Å²) in [6, 6.07) is 14.4. The maximum absolute atomic E-state index is 13.5. The third kappa shape index (κ3) is 4.40. The standard InChI is InChI=1S/C25H33NO2/c1-5-20(4)28-23-14-13-22(17-19(23)3)26-24(27)25(15-7-6-8-16-25)21-11-9-18(2)10-12-21/h9-14,17,20H,5-8,15-16H2,1-4H3,(H,26,27)/t20-/m1/s1. The second-order valence-corrected chi connectivity index (χ2v) is 8.28. The van der Waals surface area contributed by atoms with E-state index in [0.717, 1.165) is 54.7 Å². The van der Waals surface area contributed by atoms with Gasteiger partial charge in [0.15, 0.2) is 0 Å². The monoisotopic (exact) mass is 379 g/mol. The first-order chi connectivity index (χ1) is 13.4. The maximum atomic E-state index is 13.5. The highest BCUT2D eigenvalue weighted by atomic mass is 16.5. The molecule has 1 amide bonds. The van der Waals surface area contributed by atoms with E-state index in [9.17, 15) is 4.79 Å². The van der Waals surface area contributed by atoms with Gasteiger partial charge in [0.05, 0.1) is 11.5 Å². The van der Waals surface area contributed by atoms with Crippen molar-refractivity contribution in [3.8, 4) is 5.75 Å². The third-order valence-corrected chi connectivity index (χ3v) is 6.08. The van der Waals surface area contributed by atoms with Gasteiger partial charge in [-0.15, -0.1) is 0 Å². The molecule has 1 aliphatic carbocycles. The molecular formula is C25H33NO2. The zero-order chi connectivity index (χ0) is 20.1. The number of rotatable bonds is 6. The molecule has 3 rings (SSSR count). The number of carbonyl (C=O) groups excluding carboxylic acids is 1. The Morgan fingerprint density at radius 2 is 1.75 bits per heavy atom. The van der Waals surface area contributed by atoms with Crippen LogP contribution in [0.2, 0.25) is 0 Å². The number of hydrogen-bond donors (Lipinski definition) is 1. The van der Waals surface area contributed by atoms with E-state index in [0.29, 0.717) is 0 Å². The fourth-order valence-corrected chi connectivity index (χ4v) is 4.08. The van der Waals surface area contributed by atoms with Crippen LogP contribution in [0.1, 0.15) is 69.1 Å². The predicted molar refractivity (Wildman–Crippen MR) is 116 cm³/mol. The molecule has 0 aliphatic heterocycles. The van der Waals surface area contributed by atoms with Crippen LogP contribution in [0, 0.1) is 13.8 Å². The smallest absolute Gasteiger partial charge is 0.235 e. The van der Waals surface area contributed by atoms with Gasteiger partial charge in [-0.25, -0.2) is 0 Å². The van der Waals surface area contributed by atoms with Crippen LogP contribution in [-0.4, -0.2) is 12.0 Å². The van der Waals surface area contributed by atoms with E-state index < -0.39 is 5.41 Å². The quantitative estimate of drug-likeness (QED) is 0.637. The van der Waals surface area contributed by atoms with Crippen molar-refractivity contribution >= 4 is 11.6 Å². The Morgan fingerprint density at radius 3 is 2.36 bits per heavy atom. The van der Waals surface area contributed by atoms with Gasteiger partial charge in [-0.1, -0.05) is 56.0 Å². The molecule has 1 N–H and O–H groups in total. The summed E-state index contributed by atoms with van der Waals surface area (Å²) < 4.78 is 5.96. The van der Waals surface area contributed by atoms with Crippen LogP contribution in [0.25, 0.3) is 0 Å². The summed E-state index contributed by atoms with van der Waals surface area (Å²) in [5, 5.41) is 3.21. The number of nitrogens with one attached hydrogen (secondary N) is 1. The van der Waals surface area contributed by atoms with Gasteiger partial charge >= 0.3 is 0 Å². The molecule has 28 heavy (non-hydrogen) atoms. The largest absolute Gasteiger partial charge is 0.490 e. The molecule has 0 radical (unpaired) electrons. The zero-order valence-electron chi connectivity index (χ0n) is 17.7. The van der Waals surface area contributed by atoms with E-state index in [1.807, 2.05) is 25.1 Å². The summed E-state index contributed by atoms with van der Waals surface area (Å²) in [5.41, 5.74) is 3.83. The topological polar surface area (TPSA) is 38.3 Å². The van der Waals surface area contributed by atoms with Gasteiger partial charge in [0.25, 0.3) is 0 Å². The van der Waals surface area contributed by atoms with Crippen LogP contribution >= 0.6 is 0 Å². The van der Waals surface area contributed by atoms with Crippen molar-refractivity contribution in [1.29, 1.82) is 0 Å². The van der Waals surface area contributed by atoms with Gasteiger partial charge in [-0.2, -0.15) is 0 Å². The van der Waals surface area contributed by atoms with Crippen molar-refractivity contribution in [3.63, 3.8) is 0 Å². The average Bonchev–Trinajstić information content (AvgIpc) is 2.71. The molecule has 0 bridgehead atoms. The van der Waals surface area contributed by atoms with Crippen LogP contribution in [-0.2, 0) is 10.2 Å². The Hall–Kier alpha value is -2.29. The summed E-state index contributed by atoms with van der Waals surface area (Å²) in [5.74, 6) is 1.00. The van der Waals surface area contributed by atoms with Crippen LogP contribution in [0.5, 0.6) is 5.75 Å². The average molecular weight is 380 g/mol. The highest BCUT2D eigenvalue weighted by molar-refractivity contribution is 5.99. The molecule has 1 saturated carbocycles. The Kier molecular flexibility index (Phi) is 6.43. The van der Waals surface area contributed by atoms with Gasteiger partial charge < -0.3 is 10.1 Å². The minimum absolute atomic E-state index is 0.117. The van der Waals surface area contributed by atoms with Gasteiger partial charge in [0.1, 0.15) is 5.75 Å². The fraction of sp³-hybridized carbons (Fsp3) is 0.480. The number of carbonyl (C=O) groups is 1. The summed E-state index contributed by atoms with van der Waals surface area (Å²) in [7, 11) is 0. The van der Waals surface area contributed by atoms with E-state index in [1.54, 1.807) is 0 Å². The summed E-state index contributed by atoms with van der Waals surface area (Å²) in [4.78, 5) is 13.5. The molecule has 0 unspecified atom stereocenters. The first-order valence-corrected chi connectivity index (χ1v) is 10.6. The molecule has 1 fully saturated rings. The van der Waals surface area contributed by atoms with Crippen LogP contribution < -0.4 is 10.1 Å². The van der Waals surface area contributed by atoms with E-state index in [1.165, 1.54) is 12.0 Å². The van der Waals surface area contributed by atoms with Gasteiger partial charge in [0.2, 0.25) is 5.91 Å². The van der Waals surface area contributed by atoms with Crippen LogP contribution in [0.15, 0.2) is 42.5 Å². The lowest BCUT2D eigenvalue weighted by Gasteiger charge is -2.36. The van der Waals surface area contributed by atoms with Crippen LogP contribution in [0.3, 0.4) is 0 Å². The molecule has 2 aromatic rings. The van der Waals surface area contributed by atoms with Crippen molar-refractivity contribution in [2.45, 2.75) is 77.7 Å². The molecule has 0 saturated heterocycles. The SMILES string of the molecule is CC[C@@H](C)Oc1ccc(NC(=O)C2(c3ccc(C)cc3)CCCCC2)cc1C. The highest BCUT2D eigenvalue weighted by Crippen LogP contribution is 2.40. The molecule has 3 nitrogen and oxygen atoms in total. The lowest BCUT2D eigenvalue weighted by atomic mass is 9.68. The lowest BCUT2D eigenvalue weighted by Crippen LogP contribution is -2.42. The van der Waals surface area contributed by atoms with E-state index in [2.05, 4.69) is 50.4 Å². The number of anilines is 1. The van der Waals surface area contributed by atoms with Gasteiger partial charge in [-0.3, -0.25) is 4.79 Å². The zero-order valence-corrected chi connectivity index (χ0v) is 17.7. The normalized spacial score (nSPS) is 17.0. The van der Waals surface area contributed by atoms with Crippen molar-refractivity contribution < 1.29 is 9.53 Å². The van der Waals surface area contributed by atoms with Crippen molar-refractivity contribution in [3.05, 3.63) is 59.2 Å². The predicted octanol–water partition coefficient (Wildman–Crippen LogP) is 6.32. The Bertz CT molecular complexity index is 804. The van der Waals surface area contributed by atoms with E-state index in [-0.39, 0.29) is 12.0 Å². The Balaban J connectivity index is 1.82. The molecule has 150 valence electrons. The lowest BCUT2D eigenvalue weighted by molar-refractivity contribution is -0.122. The molecule has 1 atom stereocenters. The highest BCUT2D eigenvalue weighted by Gasteiger charge is 2.41. The van der Waals surface area contributed by atoms with E-state index >= 15 is 0 Å². The fourth-order valence-electron chi connectivity index (χ4n) is 4.08. The number of hydrogen-bond acceptors (Lipinski definition) is 2. The number of benzene rings is 2. The number of amides is 1. The molecule has 0 heterocycles. The Labute approximate surface area is 169 Å². The first-order valence-electron chi connectivity index (χ1n) is 10.6. The first kappa shape index (κ1) is 20.4. The third-order valence-electron chi connectivity index (χ3n) is 6.08. The second kappa shape index (κ2) is 8.81. The minimum atomic E-state index is -0.425. The molecular weight excluding hydrogens is 346 g/mol. The van der Waals surface area contributed by atoms with Crippen molar-refractivity contribution in [1.82, 2.24) is 0 Å². The molecule has 0 aromatic heterocycles. The minimum Gasteiger partial charge on any atom is -0.490 e. The maximum Gasteiger partial charge on any atom is 0.235 e. The Morgan fingerprint density at radius 1 is 1.07 bits per heavy atom. The summed E-state index contributed by atoms with van der Waals surface area (Å²) in [6.07, 6.45) is 6.39. The molecule has 1 aliphatic rings. The van der Waals surface area contributed by atoms with Gasteiger partial charge in [-0.05, 0) is 69.4 Å². The van der Waals surface area contributed by atoms with Crippen molar-refractivity contribution in [2.24, 2.45) is 0 Å². The van der Waals surface area contributed by atoms with E-state index in [4.69, 9.17) is 4.74 Å². The summed E-state index contributed by atoms with van der Waals surface area (Å²) in [6.45, 7) is 8.31. The van der Waals surface area contributed by atoms with Crippen molar-refractivity contribution in [2.75, 3.05) is 5.32 Å². The number of ether oxygens (including phenoxy) is 1. The second-order valence-electron chi connectivity index (χ2n) is 8.28. The van der Waals surface area contributed by atoms with Crippen LogP contribution in [0.4, 0.5) is 5.69 Å². The van der Waals surface area contributed by atoms with Gasteiger partial charge in [0, 0.05) is 5.69 Å². The molecule has 0 spiro atoms. The molecule has 3 heteroatoms. The summed E-state index contributed by atoms with van der Waals surface area (Å²) >= 11 is 0.